The van der Waals surface area contributed by atoms with E-state index >= 15 is 0 Å². The fraction of sp³-hybridized carbons (Fsp3) is 0.667. The Bertz CT molecular complexity index is 390. The highest BCUT2D eigenvalue weighted by Gasteiger charge is 2.23. The molecule has 0 bridgehead atoms. The van der Waals surface area contributed by atoms with Gasteiger partial charge in [-0.15, -0.1) is 0 Å². The van der Waals surface area contributed by atoms with Gasteiger partial charge in [0.2, 0.25) is 0 Å². The molecule has 1 aliphatic heterocycles. The molecule has 2 heterocycles. The maximum atomic E-state index is 5.79. The minimum atomic E-state index is 0.410. The largest absolute Gasteiger partial charge is 0.379 e. The quantitative estimate of drug-likeness (QED) is 0.902. The summed E-state index contributed by atoms with van der Waals surface area (Å²) in [4.78, 5) is 10.6. The predicted molar refractivity (Wildman–Crippen MR) is 72.0 cm³/mol. The molecule has 0 aliphatic carbocycles. The summed E-state index contributed by atoms with van der Waals surface area (Å²) in [6, 6.07) is 0.880. The van der Waals surface area contributed by atoms with Crippen molar-refractivity contribution in [3.63, 3.8) is 0 Å². The molecule has 100 valence electrons. The Kier molecular flexibility index (Phi) is 4.74. The first kappa shape index (κ1) is 13.5. The molecule has 1 aromatic rings. The lowest BCUT2D eigenvalue weighted by molar-refractivity contribution is -0.0159. The van der Waals surface area contributed by atoms with Crippen molar-refractivity contribution in [1.82, 2.24) is 14.9 Å². The van der Waals surface area contributed by atoms with Crippen LogP contribution in [-0.4, -0.2) is 53.3 Å². The van der Waals surface area contributed by atoms with Crippen molar-refractivity contribution in [1.29, 1.82) is 0 Å². The Hall–Kier alpha value is -0.910. The third-order valence-electron chi connectivity index (χ3n) is 3.17. The van der Waals surface area contributed by atoms with Gasteiger partial charge in [0, 0.05) is 25.2 Å². The molecule has 1 fully saturated rings. The summed E-state index contributed by atoms with van der Waals surface area (Å²) in [7, 11) is 0. The monoisotopic (exact) mass is 270 g/mol. The first-order valence-corrected chi connectivity index (χ1v) is 6.59. The number of anilines is 1. The van der Waals surface area contributed by atoms with Gasteiger partial charge in [0.15, 0.2) is 0 Å². The average molecular weight is 271 g/mol. The molecule has 1 aromatic heterocycles. The first-order chi connectivity index (χ1) is 8.66. The number of hydrogen-bond donors (Lipinski definition) is 1. The van der Waals surface area contributed by atoms with E-state index in [1.54, 1.807) is 6.20 Å². The van der Waals surface area contributed by atoms with Crippen LogP contribution in [0.4, 0.5) is 5.82 Å². The van der Waals surface area contributed by atoms with E-state index in [-0.39, 0.29) is 0 Å². The van der Waals surface area contributed by atoms with Gasteiger partial charge in [-0.05, 0) is 13.8 Å². The Morgan fingerprint density at radius 3 is 3.17 bits per heavy atom. The maximum Gasteiger partial charge on any atom is 0.149 e. The van der Waals surface area contributed by atoms with Crippen molar-refractivity contribution in [2.75, 3.05) is 31.6 Å². The van der Waals surface area contributed by atoms with Gasteiger partial charge in [0.05, 0.1) is 25.6 Å². The fourth-order valence-electron chi connectivity index (χ4n) is 2.19. The molecule has 1 saturated heterocycles. The van der Waals surface area contributed by atoms with Gasteiger partial charge in [-0.2, -0.15) is 0 Å². The summed E-state index contributed by atoms with van der Waals surface area (Å²) in [5, 5.41) is 3.67. The maximum absolute atomic E-state index is 5.79. The van der Waals surface area contributed by atoms with Crippen molar-refractivity contribution in [3.8, 4) is 0 Å². The lowest BCUT2D eigenvalue weighted by Gasteiger charge is -2.37. The normalized spacial score (nSPS) is 22.7. The molecule has 18 heavy (non-hydrogen) atoms. The van der Waals surface area contributed by atoms with E-state index in [4.69, 9.17) is 16.3 Å². The molecule has 0 unspecified atom stereocenters. The van der Waals surface area contributed by atoms with Crippen molar-refractivity contribution < 1.29 is 4.74 Å². The third-order valence-corrected chi connectivity index (χ3v) is 3.35. The summed E-state index contributed by atoms with van der Waals surface area (Å²) in [6.07, 6.45) is 3.21. The standard InChI is InChI=1S/C12H19ClN4O/c1-9(17-3-4-18-8-10(17)2)5-15-12-7-14-6-11(13)16-12/h6-7,9-10H,3-5,8H2,1-2H3,(H,15,16)/t9-,10+/m0/s1. The van der Waals surface area contributed by atoms with Crippen LogP contribution in [0.5, 0.6) is 0 Å². The summed E-state index contributed by atoms with van der Waals surface area (Å²) in [5.41, 5.74) is 0. The lowest BCUT2D eigenvalue weighted by atomic mass is 10.2. The smallest absolute Gasteiger partial charge is 0.149 e. The Balaban J connectivity index is 1.85. The van der Waals surface area contributed by atoms with Crippen LogP contribution >= 0.6 is 11.6 Å². The second kappa shape index (κ2) is 6.31. The average Bonchev–Trinajstić information content (AvgIpc) is 2.37. The number of nitrogens with zero attached hydrogens (tertiary/aromatic N) is 3. The zero-order valence-electron chi connectivity index (χ0n) is 10.8. The summed E-state index contributed by atoms with van der Waals surface area (Å²) < 4.78 is 5.44. The number of ether oxygens (including phenoxy) is 1. The van der Waals surface area contributed by atoms with Crippen LogP contribution in [-0.2, 0) is 4.74 Å². The second-order valence-corrected chi connectivity index (χ2v) is 5.01. The van der Waals surface area contributed by atoms with Crippen molar-refractivity contribution in [2.24, 2.45) is 0 Å². The Labute approximate surface area is 113 Å². The first-order valence-electron chi connectivity index (χ1n) is 6.21. The van der Waals surface area contributed by atoms with Gasteiger partial charge in [0.25, 0.3) is 0 Å². The molecular formula is C12H19ClN4O. The van der Waals surface area contributed by atoms with Crippen LogP contribution in [0.2, 0.25) is 5.15 Å². The van der Waals surface area contributed by atoms with Crippen LogP contribution in [0.15, 0.2) is 12.4 Å². The summed E-state index contributed by atoms with van der Waals surface area (Å²) >= 11 is 5.79. The van der Waals surface area contributed by atoms with Crippen LogP contribution in [0.1, 0.15) is 13.8 Å². The summed E-state index contributed by atoms with van der Waals surface area (Å²) in [5.74, 6) is 0.718. The van der Waals surface area contributed by atoms with Crippen LogP contribution < -0.4 is 5.32 Å². The van der Waals surface area contributed by atoms with Crippen LogP contribution in [0.3, 0.4) is 0 Å². The van der Waals surface area contributed by atoms with Crippen molar-refractivity contribution in [3.05, 3.63) is 17.5 Å². The van der Waals surface area contributed by atoms with E-state index in [1.165, 1.54) is 6.20 Å². The number of nitrogens with one attached hydrogen (secondary N) is 1. The highest BCUT2D eigenvalue weighted by Crippen LogP contribution is 2.12. The SMILES string of the molecule is C[C@@H]1COCCN1[C@@H](C)CNc1cncc(Cl)n1. The number of aromatic nitrogens is 2. The summed E-state index contributed by atoms with van der Waals surface area (Å²) in [6.45, 7) is 7.80. The molecule has 0 aromatic carbocycles. The fourth-order valence-corrected chi connectivity index (χ4v) is 2.34. The minimum absolute atomic E-state index is 0.410. The highest BCUT2D eigenvalue weighted by molar-refractivity contribution is 6.29. The van der Waals surface area contributed by atoms with E-state index in [9.17, 15) is 0 Å². The molecule has 0 spiro atoms. The number of halogens is 1. The van der Waals surface area contributed by atoms with Crippen molar-refractivity contribution >= 4 is 17.4 Å². The molecule has 5 nitrogen and oxygen atoms in total. The lowest BCUT2D eigenvalue weighted by Crippen LogP contribution is -2.50. The van der Waals surface area contributed by atoms with E-state index in [2.05, 4.69) is 34.0 Å². The molecular weight excluding hydrogens is 252 g/mol. The molecule has 1 aliphatic rings. The highest BCUT2D eigenvalue weighted by atomic mass is 35.5. The molecule has 1 N–H and O–H groups in total. The van der Waals surface area contributed by atoms with E-state index in [1.807, 2.05) is 0 Å². The topological polar surface area (TPSA) is 50.3 Å². The van der Waals surface area contributed by atoms with Gasteiger partial charge in [-0.25, -0.2) is 4.98 Å². The van der Waals surface area contributed by atoms with Crippen LogP contribution in [0, 0.1) is 0 Å². The van der Waals surface area contributed by atoms with E-state index in [0.29, 0.717) is 17.2 Å². The van der Waals surface area contributed by atoms with Gasteiger partial charge < -0.3 is 10.1 Å². The second-order valence-electron chi connectivity index (χ2n) is 4.62. The van der Waals surface area contributed by atoms with Gasteiger partial charge in [0.1, 0.15) is 11.0 Å². The Morgan fingerprint density at radius 1 is 1.61 bits per heavy atom. The zero-order chi connectivity index (χ0) is 13.0. The molecule has 2 rings (SSSR count). The number of rotatable bonds is 4. The van der Waals surface area contributed by atoms with Gasteiger partial charge >= 0.3 is 0 Å². The van der Waals surface area contributed by atoms with Gasteiger partial charge in [-0.3, -0.25) is 9.88 Å². The molecule has 2 atom stereocenters. The Morgan fingerprint density at radius 2 is 2.44 bits per heavy atom. The zero-order valence-corrected chi connectivity index (χ0v) is 11.5. The van der Waals surface area contributed by atoms with E-state index in [0.717, 1.165) is 32.1 Å². The number of hydrogen-bond acceptors (Lipinski definition) is 5. The number of morpholine rings is 1. The molecule has 6 heteroatoms. The van der Waals surface area contributed by atoms with E-state index < -0.39 is 0 Å². The van der Waals surface area contributed by atoms with Crippen molar-refractivity contribution in [2.45, 2.75) is 25.9 Å². The minimum Gasteiger partial charge on any atom is -0.379 e. The van der Waals surface area contributed by atoms with Gasteiger partial charge in [-0.1, -0.05) is 11.6 Å². The predicted octanol–water partition coefficient (Wildman–Crippen LogP) is 1.65. The molecule has 0 amide bonds. The molecule has 0 saturated carbocycles. The molecule has 0 radical (unpaired) electrons. The van der Waals surface area contributed by atoms with Crippen LogP contribution in [0.25, 0.3) is 0 Å². The third kappa shape index (κ3) is 3.54.